The average molecular weight is 235 g/mol. The number of nitrogens with zero attached hydrogens (tertiary/aromatic N) is 2. The number of rotatable bonds is 2. The number of aryl methyl sites for hydroxylation is 1. The lowest BCUT2D eigenvalue weighted by Gasteiger charge is -2.16. The lowest BCUT2D eigenvalue weighted by Crippen LogP contribution is -2.26. The van der Waals surface area contributed by atoms with Crippen LogP contribution in [0.15, 0.2) is 24.4 Å². The summed E-state index contributed by atoms with van der Waals surface area (Å²) in [7, 11) is 0. The first kappa shape index (κ1) is 11.0. The van der Waals surface area contributed by atoms with Crippen LogP contribution in [0.4, 0.5) is 0 Å². The highest BCUT2D eigenvalue weighted by Crippen LogP contribution is 2.14. The second-order valence-electron chi connectivity index (χ2n) is 3.69. The fourth-order valence-electron chi connectivity index (χ4n) is 1.58. The van der Waals surface area contributed by atoms with Crippen LogP contribution in [0.1, 0.15) is 12.5 Å². The zero-order valence-electron chi connectivity index (χ0n) is 9.14. The van der Waals surface area contributed by atoms with Crippen molar-refractivity contribution in [1.29, 1.82) is 0 Å². The van der Waals surface area contributed by atoms with E-state index in [1.54, 1.807) is 17.8 Å². The predicted molar refractivity (Wildman–Crippen MR) is 66.3 cm³/mol. The Morgan fingerprint density at radius 3 is 3.00 bits per heavy atom. The van der Waals surface area contributed by atoms with E-state index in [0.717, 1.165) is 16.6 Å². The summed E-state index contributed by atoms with van der Waals surface area (Å²) in [5, 5.41) is 10.4. The molecule has 2 N–H and O–H groups in total. The Morgan fingerprint density at radius 1 is 1.56 bits per heavy atom. The van der Waals surface area contributed by atoms with Crippen molar-refractivity contribution in [3.05, 3.63) is 34.6 Å². The van der Waals surface area contributed by atoms with Crippen LogP contribution in [-0.2, 0) is 0 Å². The second-order valence-corrected chi connectivity index (χ2v) is 4.08. The normalized spacial score (nSPS) is 12.7. The van der Waals surface area contributed by atoms with Gasteiger partial charge in [0, 0.05) is 11.6 Å². The van der Waals surface area contributed by atoms with Crippen molar-refractivity contribution in [2.45, 2.75) is 20.1 Å². The lowest BCUT2D eigenvalue weighted by molar-refractivity contribution is 0.208. The Balaban J connectivity index is 2.76. The molecule has 2 rings (SSSR count). The number of aliphatic hydroxyl groups excluding tert-OH is 1. The maximum absolute atomic E-state index is 9.37. The van der Waals surface area contributed by atoms with E-state index in [2.05, 4.69) is 10.4 Å². The molecule has 0 aliphatic rings. The van der Waals surface area contributed by atoms with Crippen LogP contribution >= 0.6 is 12.2 Å². The van der Waals surface area contributed by atoms with Crippen molar-refractivity contribution in [3.8, 4) is 0 Å². The topological polar surface area (TPSA) is 50.1 Å². The second kappa shape index (κ2) is 4.19. The molecule has 0 aliphatic heterocycles. The van der Waals surface area contributed by atoms with E-state index in [4.69, 9.17) is 12.2 Å². The van der Waals surface area contributed by atoms with Crippen molar-refractivity contribution in [1.82, 2.24) is 9.66 Å². The quantitative estimate of drug-likeness (QED) is 0.617. The summed E-state index contributed by atoms with van der Waals surface area (Å²) in [6, 6.07) is 5.83. The maximum Gasteiger partial charge on any atom is 0.159 e. The van der Waals surface area contributed by atoms with Gasteiger partial charge in [-0.15, -0.1) is 0 Å². The molecule has 4 nitrogen and oxygen atoms in total. The van der Waals surface area contributed by atoms with Crippen LogP contribution in [0.2, 0.25) is 0 Å². The minimum atomic E-state index is -0.682. The first-order valence-corrected chi connectivity index (χ1v) is 5.42. The van der Waals surface area contributed by atoms with Crippen LogP contribution < -0.4 is 5.43 Å². The predicted octanol–water partition coefficient (Wildman–Crippen LogP) is 1.96. The molecule has 2 aromatic heterocycles. The van der Waals surface area contributed by atoms with Crippen molar-refractivity contribution in [2.75, 3.05) is 5.43 Å². The summed E-state index contributed by atoms with van der Waals surface area (Å²) < 4.78 is 2.28. The molecule has 0 fully saturated rings. The Hall–Kier alpha value is -1.46. The van der Waals surface area contributed by atoms with Gasteiger partial charge in [-0.2, -0.15) is 0 Å². The van der Waals surface area contributed by atoms with Crippen LogP contribution in [0.5, 0.6) is 0 Å². The minimum absolute atomic E-state index is 0.632. The van der Waals surface area contributed by atoms with E-state index in [1.807, 2.05) is 25.1 Å². The van der Waals surface area contributed by atoms with E-state index in [1.165, 1.54) is 0 Å². The monoisotopic (exact) mass is 235 g/mol. The van der Waals surface area contributed by atoms with Crippen molar-refractivity contribution in [3.63, 3.8) is 0 Å². The third-order valence-corrected chi connectivity index (χ3v) is 2.76. The minimum Gasteiger partial charge on any atom is -0.373 e. The van der Waals surface area contributed by atoms with E-state index < -0.39 is 6.23 Å². The summed E-state index contributed by atoms with van der Waals surface area (Å²) in [6.07, 6.45) is 1.02. The van der Waals surface area contributed by atoms with E-state index >= 15 is 0 Å². The van der Waals surface area contributed by atoms with Gasteiger partial charge in [-0.05, 0) is 37.6 Å². The van der Waals surface area contributed by atoms with E-state index in [0.29, 0.717) is 4.64 Å². The molecular weight excluding hydrogens is 222 g/mol. The molecule has 1 atom stereocenters. The number of fused-ring (bicyclic) bond motifs is 1. The van der Waals surface area contributed by atoms with Crippen LogP contribution in [0.25, 0.3) is 11.0 Å². The third-order valence-electron chi connectivity index (χ3n) is 2.26. The number of hydrogen-bond donors (Lipinski definition) is 2. The first-order chi connectivity index (χ1) is 7.59. The van der Waals surface area contributed by atoms with Gasteiger partial charge in [0.2, 0.25) is 0 Å². The Morgan fingerprint density at radius 2 is 2.31 bits per heavy atom. The molecule has 0 aliphatic carbocycles. The zero-order chi connectivity index (χ0) is 11.7. The average Bonchev–Trinajstić information content (AvgIpc) is 2.24. The summed E-state index contributed by atoms with van der Waals surface area (Å²) >= 11 is 5.29. The number of aromatic nitrogens is 2. The molecule has 0 saturated carbocycles. The molecule has 0 aromatic carbocycles. The van der Waals surface area contributed by atoms with Crippen molar-refractivity contribution in [2.24, 2.45) is 0 Å². The molecule has 0 saturated heterocycles. The van der Waals surface area contributed by atoms with Gasteiger partial charge in [-0.3, -0.25) is 5.43 Å². The number of pyridine rings is 2. The fraction of sp³-hybridized carbons (Fsp3) is 0.273. The highest BCUT2D eigenvalue weighted by atomic mass is 32.1. The summed E-state index contributed by atoms with van der Waals surface area (Å²) in [5.74, 6) is 0. The van der Waals surface area contributed by atoms with E-state index in [9.17, 15) is 5.11 Å². The Labute approximate surface area is 98.5 Å². The first-order valence-electron chi connectivity index (χ1n) is 5.01. The standard InChI is InChI=1S/C11H13N3OS/c1-7-6-9-4-3-5-12-10(9)14(11(7)16)13-8(2)15/h3-6,8,13,15H,1-2H3. The Bertz CT molecular complexity index is 577. The summed E-state index contributed by atoms with van der Waals surface area (Å²) in [4.78, 5) is 4.26. The number of aliphatic hydroxyl groups is 1. The maximum atomic E-state index is 9.37. The SMILES string of the molecule is Cc1cc2cccnc2n(NC(C)O)c1=S. The van der Waals surface area contributed by atoms with Gasteiger partial charge >= 0.3 is 0 Å². The molecular formula is C11H13N3OS. The Kier molecular flexibility index (Phi) is 2.89. The molecule has 0 bridgehead atoms. The fourth-order valence-corrected chi connectivity index (χ4v) is 1.78. The molecule has 2 heterocycles. The summed E-state index contributed by atoms with van der Waals surface area (Å²) in [5.41, 5.74) is 4.56. The molecule has 84 valence electrons. The molecule has 0 spiro atoms. The molecule has 16 heavy (non-hydrogen) atoms. The smallest absolute Gasteiger partial charge is 0.159 e. The van der Waals surface area contributed by atoms with Crippen LogP contribution in [0, 0.1) is 11.6 Å². The van der Waals surface area contributed by atoms with Crippen LogP contribution in [-0.4, -0.2) is 21.0 Å². The molecule has 0 amide bonds. The molecule has 2 aromatic rings. The van der Waals surface area contributed by atoms with Gasteiger partial charge in [-0.25, -0.2) is 9.66 Å². The van der Waals surface area contributed by atoms with E-state index in [-0.39, 0.29) is 0 Å². The van der Waals surface area contributed by atoms with Crippen molar-refractivity contribution >= 4 is 23.3 Å². The molecule has 0 radical (unpaired) electrons. The van der Waals surface area contributed by atoms with Crippen LogP contribution in [0.3, 0.4) is 0 Å². The lowest BCUT2D eigenvalue weighted by atomic mass is 10.2. The molecule has 5 heteroatoms. The summed E-state index contributed by atoms with van der Waals surface area (Å²) in [6.45, 7) is 3.58. The van der Waals surface area contributed by atoms with Gasteiger partial charge in [0.25, 0.3) is 0 Å². The largest absolute Gasteiger partial charge is 0.373 e. The third kappa shape index (κ3) is 1.91. The van der Waals surface area contributed by atoms with Gasteiger partial charge in [0.15, 0.2) is 5.65 Å². The van der Waals surface area contributed by atoms with Gasteiger partial charge < -0.3 is 5.11 Å². The highest BCUT2D eigenvalue weighted by Gasteiger charge is 2.05. The van der Waals surface area contributed by atoms with Gasteiger partial charge in [-0.1, -0.05) is 12.2 Å². The van der Waals surface area contributed by atoms with Crippen molar-refractivity contribution < 1.29 is 5.11 Å². The number of hydrogen-bond acceptors (Lipinski definition) is 4. The van der Waals surface area contributed by atoms with Gasteiger partial charge in [0.1, 0.15) is 10.9 Å². The number of nitrogens with one attached hydrogen (secondary N) is 1. The molecule has 1 unspecified atom stereocenters. The zero-order valence-corrected chi connectivity index (χ0v) is 9.95. The van der Waals surface area contributed by atoms with Gasteiger partial charge in [0.05, 0.1) is 0 Å². The highest BCUT2D eigenvalue weighted by molar-refractivity contribution is 7.71.